The Hall–Kier alpha value is -1.32. The number of aliphatic carboxylic acids is 2. The Balaban J connectivity index is 3.10. The van der Waals surface area contributed by atoms with Crippen LogP contribution in [0.5, 0.6) is 0 Å². The minimum Gasteiger partial charge on any atom is -0.478 e. The van der Waals surface area contributed by atoms with E-state index in [-0.39, 0.29) is 23.0 Å². The van der Waals surface area contributed by atoms with Gasteiger partial charge in [-0.2, -0.15) is 0 Å². The lowest BCUT2D eigenvalue weighted by Crippen LogP contribution is -2.18. The van der Waals surface area contributed by atoms with Crippen LogP contribution in [-0.2, 0) is 9.59 Å². The molecule has 0 heterocycles. The third kappa shape index (κ3) is 3.58. The highest BCUT2D eigenvalue weighted by atomic mass is 16.4. The second-order valence-corrected chi connectivity index (χ2v) is 5.08. The molecular formula is C13H20O4. The van der Waals surface area contributed by atoms with Gasteiger partial charge in [0.15, 0.2) is 0 Å². The number of carboxylic acid groups (broad SMARTS) is 2. The van der Waals surface area contributed by atoms with Gasteiger partial charge < -0.3 is 10.2 Å². The van der Waals surface area contributed by atoms with Crippen LogP contribution in [0, 0.1) is 11.8 Å². The maximum Gasteiger partial charge on any atom is 0.332 e. The molecule has 1 aliphatic rings. The highest BCUT2D eigenvalue weighted by Crippen LogP contribution is 2.34. The molecule has 0 saturated heterocycles. The van der Waals surface area contributed by atoms with Crippen LogP contribution in [0.2, 0.25) is 0 Å². The summed E-state index contributed by atoms with van der Waals surface area (Å²) in [5, 5.41) is 18.4. The molecule has 4 nitrogen and oxygen atoms in total. The molecule has 2 N–H and O–H groups in total. The highest BCUT2D eigenvalue weighted by molar-refractivity contribution is 5.99. The molecule has 0 aromatic carbocycles. The summed E-state index contributed by atoms with van der Waals surface area (Å²) < 4.78 is 0. The van der Waals surface area contributed by atoms with E-state index in [1.54, 1.807) is 0 Å². The van der Waals surface area contributed by atoms with Gasteiger partial charge >= 0.3 is 11.9 Å². The molecular weight excluding hydrogens is 220 g/mol. The normalized spacial score (nSPS) is 18.3. The Labute approximate surface area is 101 Å². The molecule has 1 aliphatic carbocycles. The van der Waals surface area contributed by atoms with Crippen LogP contribution in [0.1, 0.15) is 46.0 Å². The van der Waals surface area contributed by atoms with Gasteiger partial charge in [0.05, 0.1) is 5.57 Å². The summed E-state index contributed by atoms with van der Waals surface area (Å²) in [7, 11) is 0. The first-order chi connectivity index (χ1) is 7.93. The van der Waals surface area contributed by atoms with Gasteiger partial charge in [-0.15, -0.1) is 0 Å². The van der Waals surface area contributed by atoms with Gasteiger partial charge in [0.1, 0.15) is 0 Å². The van der Waals surface area contributed by atoms with E-state index in [0.29, 0.717) is 6.42 Å². The highest BCUT2D eigenvalue weighted by Gasteiger charge is 2.30. The van der Waals surface area contributed by atoms with E-state index < -0.39 is 11.9 Å². The summed E-state index contributed by atoms with van der Waals surface area (Å²) in [6, 6.07) is 0. The predicted octanol–water partition coefficient (Wildman–Crippen LogP) is 2.69. The molecule has 0 bridgehead atoms. The lowest BCUT2D eigenvalue weighted by molar-refractivity contribution is -0.136. The molecule has 0 radical (unpaired) electrons. The average Bonchev–Trinajstić information content (AvgIpc) is 2.68. The van der Waals surface area contributed by atoms with Crippen LogP contribution in [0.25, 0.3) is 0 Å². The summed E-state index contributed by atoms with van der Waals surface area (Å²) >= 11 is 0. The minimum absolute atomic E-state index is 0.0719. The monoisotopic (exact) mass is 240 g/mol. The lowest BCUT2D eigenvalue weighted by Gasteiger charge is -2.15. The number of hydrogen-bond acceptors (Lipinski definition) is 2. The quantitative estimate of drug-likeness (QED) is 0.724. The molecule has 96 valence electrons. The molecule has 17 heavy (non-hydrogen) atoms. The van der Waals surface area contributed by atoms with Gasteiger partial charge in [0.25, 0.3) is 0 Å². The fraction of sp³-hybridized carbons (Fsp3) is 0.692. The van der Waals surface area contributed by atoms with Crippen LogP contribution in [0.3, 0.4) is 0 Å². The zero-order chi connectivity index (χ0) is 13.0. The summed E-state index contributed by atoms with van der Waals surface area (Å²) in [4.78, 5) is 22.5. The molecule has 0 aromatic heterocycles. The van der Waals surface area contributed by atoms with Gasteiger partial charge in [-0.05, 0) is 31.1 Å². The van der Waals surface area contributed by atoms with Gasteiger partial charge in [-0.25, -0.2) is 9.59 Å². The SMILES string of the molecule is CC(C)CC(C(=O)O)=C(C(=O)O)C1CCCC1. The van der Waals surface area contributed by atoms with Crippen molar-refractivity contribution in [1.29, 1.82) is 0 Å². The van der Waals surface area contributed by atoms with Crippen molar-refractivity contribution in [3.05, 3.63) is 11.1 Å². The first-order valence-corrected chi connectivity index (χ1v) is 6.13. The van der Waals surface area contributed by atoms with Crippen LogP contribution in [-0.4, -0.2) is 22.2 Å². The van der Waals surface area contributed by atoms with E-state index in [9.17, 15) is 19.8 Å². The fourth-order valence-electron chi connectivity index (χ4n) is 2.49. The van der Waals surface area contributed by atoms with E-state index in [2.05, 4.69) is 0 Å². The zero-order valence-electron chi connectivity index (χ0n) is 10.4. The first-order valence-electron chi connectivity index (χ1n) is 6.13. The largest absolute Gasteiger partial charge is 0.478 e. The van der Waals surface area contributed by atoms with Crippen molar-refractivity contribution in [2.45, 2.75) is 46.0 Å². The van der Waals surface area contributed by atoms with E-state index in [1.165, 1.54) is 0 Å². The van der Waals surface area contributed by atoms with Crippen molar-refractivity contribution in [2.75, 3.05) is 0 Å². The van der Waals surface area contributed by atoms with E-state index in [0.717, 1.165) is 25.7 Å². The second-order valence-electron chi connectivity index (χ2n) is 5.08. The summed E-state index contributed by atoms with van der Waals surface area (Å²) in [6.45, 7) is 3.80. The van der Waals surface area contributed by atoms with Crippen LogP contribution in [0.4, 0.5) is 0 Å². The molecule has 0 spiro atoms. The number of carbonyl (C=O) groups is 2. The molecule has 0 aromatic rings. The summed E-state index contributed by atoms with van der Waals surface area (Å²) in [6.07, 6.45) is 3.92. The molecule has 0 aliphatic heterocycles. The predicted molar refractivity (Wildman–Crippen MR) is 63.7 cm³/mol. The van der Waals surface area contributed by atoms with E-state index in [4.69, 9.17) is 0 Å². The van der Waals surface area contributed by atoms with Gasteiger partial charge in [0.2, 0.25) is 0 Å². The number of rotatable bonds is 5. The van der Waals surface area contributed by atoms with Crippen molar-refractivity contribution in [3.63, 3.8) is 0 Å². The average molecular weight is 240 g/mol. The number of carboxylic acids is 2. The minimum atomic E-state index is -1.08. The molecule has 0 unspecified atom stereocenters. The molecule has 1 rings (SSSR count). The topological polar surface area (TPSA) is 74.6 Å². The van der Waals surface area contributed by atoms with Crippen LogP contribution < -0.4 is 0 Å². The Morgan fingerprint density at radius 3 is 2.00 bits per heavy atom. The van der Waals surface area contributed by atoms with Crippen molar-refractivity contribution >= 4 is 11.9 Å². The van der Waals surface area contributed by atoms with Crippen LogP contribution in [0.15, 0.2) is 11.1 Å². The van der Waals surface area contributed by atoms with E-state index >= 15 is 0 Å². The van der Waals surface area contributed by atoms with E-state index in [1.807, 2.05) is 13.8 Å². The Kier molecular flexibility index (Phi) is 4.73. The van der Waals surface area contributed by atoms with Gasteiger partial charge in [-0.3, -0.25) is 0 Å². The fourth-order valence-corrected chi connectivity index (χ4v) is 2.49. The first kappa shape index (κ1) is 13.7. The van der Waals surface area contributed by atoms with Crippen molar-refractivity contribution in [2.24, 2.45) is 11.8 Å². The molecule has 0 amide bonds. The van der Waals surface area contributed by atoms with Gasteiger partial charge in [-0.1, -0.05) is 26.7 Å². The Bertz CT molecular complexity index is 335. The Morgan fingerprint density at radius 2 is 1.65 bits per heavy atom. The maximum atomic E-state index is 11.3. The van der Waals surface area contributed by atoms with Crippen molar-refractivity contribution < 1.29 is 19.8 Å². The standard InChI is InChI=1S/C13H20O4/c1-8(2)7-10(12(14)15)11(13(16)17)9-5-3-4-6-9/h8-9H,3-7H2,1-2H3,(H,14,15)(H,16,17). The summed E-state index contributed by atoms with van der Waals surface area (Å²) in [5.74, 6) is -2.06. The summed E-state index contributed by atoms with van der Waals surface area (Å²) in [5.41, 5.74) is 0.239. The van der Waals surface area contributed by atoms with Gasteiger partial charge in [0, 0.05) is 5.57 Å². The zero-order valence-corrected chi connectivity index (χ0v) is 10.4. The second kappa shape index (κ2) is 5.84. The molecule has 4 heteroatoms. The smallest absolute Gasteiger partial charge is 0.332 e. The third-order valence-electron chi connectivity index (χ3n) is 3.19. The molecule has 1 saturated carbocycles. The Morgan fingerprint density at radius 1 is 1.12 bits per heavy atom. The van der Waals surface area contributed by atoms with Crippen molar-refractivity contribution in [3.8, 4) is 0 Å². The van der Waals surface area contributed by atoms with Crippen molar-refractivity contribution in [1.82, 2.24) is 0 Å². The maximum absolute atomic E-state index is 11.3. The molecule has 1 fully saturated rings. The molecule has 0 atom stereocenters. The van der Waals surface area contributed by atoms with Crippen LogP contribution >= 0.6 is 0 Å². The number of hydrogen-bond donors (Lipinski definition) is 2. The lowest BCUT2D eigenvalue weighted by atomic mass is 9.89. The third-order valence-corrected chi connectivity index (χ3v) is 3.19.